The van der Waals surface area contributed by atoms with E-state index in [9.17, 15) is 13.2 Å². The van der Waals surface area contributed by atoms with Gasteiger partial charge in [0, 0.05) is 12.6 Å². The number of nitrogens with zero attached hydrogens (tertiary/aromatic N) is 1. The minimum absolute atomic E-state index is 0.217. The summed E-state index contributed by atoms with van der Waals surface area (Å²) < 4.78 is 38.8. The van der Waals surface area contributed by atoms with Crippen LogP contribution in [0.1, 0.15) is 36.8 Å². The van der Waals surface area contributed by atoms with Crippen LogP contribution in [0, 0.1) is 17.2 Å². The molecule has 1 saturated carbocycles. The first-order chi connectivity index (χ1) is 9.50. The van der Waals surface area contributed by atoms with Gasteiger partial charge in [-0.1, -0.05) is 25.0 Å². The highest BCUT2D eigenvalue weighted by molar-refractivity contribution is 5.31. The van der Waals surface area contributed by atoms with E-state index >= 15 is 0 Å². The lowest BCUT2D eigenvalue weighted by Gasteiger charge is -2.33. The summed E-state index contributed by atoms with van der Waals surface area (Å²) in [5, 5.41) is 11.7. The van der Waals surface area contributed by atoms with Crippen molar-refractivity contribution in [1.29, 1.82) is 5.26 Å². The average molecular weight is 282 g/mol. The van der Waals surface area contributed by atoms with Crippen molar-refractivity contribution >= 4 is 0 Å². The highest BCUT2D eigenvalue weighted by atomic mass is 19.4. The second kappa shape index (κ2) is 6.27. The predicted molar refractivity (Wildman–Crippen MR) is 69.8 cm³/mol. The third-order valence-electron chi connectivity index (χ3n) is 3.84. The maximum atomic E-state index is 12.9. The van der Waals surface area contributed by atoms with Gasteiger partial charge in [-0.25, -0.2) is 0 Å². The van der Waals surface area contributed by atoms with Crippen molar-refractivity contribution in [2.75, 3.05) is 0 Å². The van der Waals surface area contributed by atoms with E-state index in [1.165, 1.54) is 0 Å². The zero-order valence-electron chi connectivity index (χ0n) is 11.1. The molecule has 2 unspecified atom stereocenters. The predicted octanol–water partition coefficient (Wildman–Crippen LogP) is 3.77. The molecule has 0 aromatic heterocycles. The maximum absolute atomic E-state index is 12.9. The van der Waals surface area contributed by atoms with E-state index in [0.717, 1.165) is 12.0 Å². The van der Waals surface area contributed by atoms with E-state index < -0.39 is 18.1 Å². The SMILES string of the molecule is N#Cc1ccc(CNC2CCCCC2C(F)(F)F)cc1. The molecular weight excluding hydrogens is 265 g/mol. The molecule has 2 rings (SSSR count). The molecule has 0 spiro atoms. The van der Waals surface area contributed by atoms with Gasteiger partial charge in [0.2, 0.25) is 0 Å². The van der Waals surface area contributed by atoms with Crippen LogP contribution in [0.3, 0.4) is 0 Å². The summed E-state index contributed by atoms with van der Waals surface area (Å²) in [5.41, 5.74) is 1.45. The standard InChI is InChI=1S/C15H17F3N2/c16-15(17,18)13-3-1-2-4-14(13)20-10-12-7-5-11(9-19)6-8-12/h5-8,13-14,20H,1-4,10H2. The van der Waals surface area contributed by atoms with Crippen molar-refractivity contribution in [1.82, 2.24) is 5.32 Å². The van der Waals surface area contributed by atoms with Crippen molar-refractivity contribution in [2.24, 2.45) is 5.92 Å². The minimum Gasteiger partial charge on any atom is -0.309 e. The molecule has 0 heterocycles. The van der Waals surface area contributed by atoms with Gasteiger partial charge in [-0.3, -0.25) is 0 Å². The molecule has 0 amide bonds. The van der Waals surface area contributed by atoms with Gasteiger partial charge in [0.05, 0.1) is 17.6 Å². The van der Waals surface area contributed by atoms with Crippen molar-refractivity contribution in [3.63, 3.8) is 0 Å². The van der Waals surface area contributed by atoms with Crippen LogP contribution in [-0.4, -0.2) is 12.2 Å². The number of rotatable bonds is 3. The number of hydrogen-bond acceptors (Lipinski definition) is 2. The van der Waals surface area contributed by atoms with E-state index in [-0.39, 0.29) is 6.42 Å². The topological polar surface area (TPSA) is 35.8 Å². The summed E-state index contributed by atoms with van der Waals surface area (Å²) in [5.74, 6) is -1.24. The van der Waals surface area contributed by atoms with Crippen LogP contribution in [0.25, 0.3) is 0 Å². The summed E-state index contributed by atoms with van der Waals surface area (Å²) in [6, 6.07) is 8.43. The fourth-order valence-electron chi connectivity index (χ4n) is 2.71. The van der Waals surface area contributed by atoms with E-state index in [4.69, 9.17) is 5.26 Å². The zero-order chi connectivity index (χ0) is 14.6. The first-order valence-corrected chi connectivity index (χ1v) is 6.80. The minimum atomic E-state index is -4.12. The van der Waals surface area contributed by atoms with Gasteiger partial charge in [0.1, 0.15) is 0 Å². The molecular formula is C15H17F3N2. The molecule has 0 saturated heterocycles. The lowest BCUT2D eigenvalue weighted by molar-refractivity contribution is -0.189. The Morgan fingerprint density at radius 2 is 1.80 bits per heavy atom. The largest absolute Gasteiger partial charge is 0.393 e. The van der Waals surface area contributed by atoms with Crippen molar-refractivity contribution in [2.45, 2.75) is 44.4 Å². The van der Waals surface area contributed by atoms with Gasteiger partial charge in [-0.2, -0.15) is 18.4 Å². The van der Waals surface area contributed by atoms with E-state index in [1.54, 1.807) is 24.3 Å². The van der Waals surface area contributed by atoms with Crippen LogP contribution in [0.4, 0.5) is 13.2 Å². The van der Waals surface area contributed by atoms with Crippen LogP contribution in [-0.2, 0) is 6.54 Å². The number of nitriles is 1. The number of nitrogens with one attached hydrogen (secondary N) is 1. The number of halogens is 3. The summed E-state index contributed by atoms with van der Waals surface area (Å²) in [6.07, 6.45) is -1.84. The van der Waals surface area contributed by atoms with Gasteiger partial charge < -0.3 is 5.32 Å². The molecule has 1 aromatic carbocycles. The number of benzene rings is 1. The van der Waals surface area contributed by atoms with Crippen LogP contribution in [0.5, 0.6) is 0 Å². The summed E-state index contributed by atoms with van der Waals surface area (Å²) >= 11 is 0. The van der Waals surface area contributed by atoms with Gasteiger partial charge in [0.15, 0.2) is 0 Å². The number of alkyl halides is 3. The third-order valence-corrected chi connectivity index (χ3v) is 3.84. The number of hydrogen-bond donors (Lipinski definition) is 1. The molecule has 0 aliphatic heterocycles. The fourth-order valence-corrected chi connectivity index (χ4v) is 2.71. The zero-order valence-corrected chi connectivity index (χ0v) is 11.1. The van der Waals surface area contributed by atoms with Crippen LogP contribution in [0.15, 0.2) is 24.3 Å². The van der Waals surface area contributed by atoms with E-state index in [0.29, 0.717) is 24.9 Å². The molecule has 5 heteroatoms. The molecule has 108 valence electrons. The molecule has 1 N–H and O–H groups in total. The van der Waals surface area contributed by atoms with Crippen molar-refractivity contribution < 1.29 is 13.2 Å². The second-order valence-corrected chi connectivity index (χ2v) is 5.23. The Balaban J connectivity index is 1.95. The lowest BCUT2D eigenvalue weighted by atomic mass is 9.84. The summed E-state index contributed by atoms with van der Waals surface area (Å²) in [4.78, 5) is 0. The summed E-state index contributed by atoms with van der Waals surface area (Å²) in [6.45, 7) is 0.406. The Bertz CT molecular complexity index is 473. The smallest absolute Gasteiger partial charge is 0.309 e. The van der Waals surface area contributed by atoms with E-state index in [1.807, 2.05) is 6.07 Å². The fraction of sp³-hybridized carbons (Fsp3) is 0.533. The van der Waals surface area contributed by atoms with Crippen LogP contribution >= 0.6 is 0 Å². The van der Waals surface area contributed by atoms with Crippen LogP contribution < -0.4 is 5.32 Å². The van der Waals surface area contributed by atoms with Crippen molar-refractivity contribution in [3.05, 3.63) is 35.4 Å². The first kappa shape index (κ1) is 14.9. The molecule has 2 atom stereocenters. The average Bonchev–Trinajstić information content (AvgIpc) is 2.45. The monoisotopic (exact) mass is 282 g/mol. The van der Waals surface area contributed by atoms with E-state index in [2.05, 4.69) is 5.32 Å². The van der Waals surface area contributed by atoms with Gasteiger partial charge in [-0.15, -0.1) is 0 Å². The van der Waals surface area contributed by atoms with Crippen LogP contribution in [0.2, 0.25) is 0 Å². The Kier molecular flexibility index (Phi) is 4.66. The molecule has 1 aromatic rings. The third kappa shape index (κ3) is 3.73. The van der Waals surface area contributed by atoms with Gasteiger partial charge >= 0.3 is 6.18 Å². The highest BCUT2D eigenvalue weighted by Crippen LogP contribution is 2.37. The molecule has 2 nitrogen and oxygen atoms in total. The molecule has 20 heavy (non-hydrogen) atoms. The van der Waals surface area contributed by atoms with Crippen molar-refractivity contribution in [3.8, 4) is 6.07 Å². The summed E-state index contributed by atoms with van der Waals surface area (Å²) in [7, 11) is 0. The molecule has 1 fully saturated rings. The maximum Gasteiger partial charge on any atom is 0.393 e. The highest BCUT2D eigenvalue weighted by Gasteiger charge is 2.45. The molecule has 0 bridgehead atoms. The Hall–Kier alpha value is -1.54. The van der Waals surface area contributed by atoms with Gasteiger partial charge in [0.25, 0.3) is 0 Å². The lowest BCUT2D eigenvalue weighted by Crippen LogP contribution is -2.45. The Morgan fingerprint density at radius 1 is 1.15 bits per heavy atom. The Labute approximate surface area is 116 Å². The molecule has 0 radical (unpaired) electrons. The van der Waals surface area contributed by atoms with Gasteiger partial charge in [-0.05, 0) is 30.5 Å². The second-order valence-electron chi connectivity index (χ2n) is 5.23. The normalized spacial score (nSPS) is 23.3. The first-order valence-electron chi connectivity index (χ1n) is 6.80. The molecule has 1 aliphatic rings. The quantitative estimate of drug-likeness (QED) is 0.916. The molecule has 1 aliphatic carbocycles. The Morgan fingerprint density at radius 3 is 2.40 bits per heavy atom.